The van der Waals surface area contributed by atoms with Crippen molar-refractivity contribution in [1.29, 1.82) is 0 Å². The molecule has 1 aromatic carbocycles. The van der Waals surface area contributed by atoms with Gasteiger partial charge in [0.15, 0.2) is 0 Å². The average Bonchev–Trinajstić information content (AvgIpc) is 2.59. The number of anilines is 3. The molecule has 3 rings (SSSR count). The van der Waals surface area contributed by atoms with Gasteiger partial charge in [-0.1, -0.05) is 29.3 Å². The van der Waals surface area contributed by atoms with E-state index < -0.39 is 5.97 Å². The van der Waals surface area contributed by atoms with Gasteiger partial charge in [0.2, 0.25) is 5.95 Å². The number of carbonyl (C=O) groups is 1. The molecule has 8 heteroatoms. The number of carboxylic acid groups (broad SMARTS) is 1. The van der Waals surface area contributed by atoms with E-state index in [0.29, 0.717) is 47.6 Å². The van der Waals surface area contributed by atoms with Crippen molar-refractivity contribution in [2.24, 2.45) is 5.92 Å². The lowest BCUT2D eigenvalue weighted by Gasteiger charge is -2.31. The molecule has 2 heterocycles. The number of benzene rings is 1. The van der Waals surface area contributed by atoms with E-state index in [-0.39, 0.29) is 5.92 Å². The van der Waals surface area contributed by atoms with Gasteiger partial charge in [-0.25, -0.2) is 4.98 Å². The van der Waals surface area contributed by atoms with Crippen LogP contribution in [0.1, 0.15) is 12.8 Å². The number of halogens is 2. The molecule has 0 saturated carbocycles. The van der Waals surface area contributed by atoms with Gasteiger partial charge in [0.05, 0.1) is 21.7 Å². The Morgan fingerprint density at radius 3 is 2.50 bits per heavy atom. The molecule has 0 atom stereocenters. The lowest BCUT2D eigenvalue weighted by Crippen LogP contribution is -2.36. The summed E-state index contributed by atoms with van der Waals surface area (Å²) in [5.74, 6) is 0.137. The second-order valence-corrected chi connectivity index (χ2v) is 6.37. The summed E-state index contributed by atoms with van der Waals surface area (Å²) in [5, 5.41) is 13.1. The summed E-state index contributed by atoms with van der Waals surface area (Å²) >= 11 is 12.3. The highest BCUT2D eigenvalue weighted by atomic mass is 35.5. The lowest BCUT2D eigenvalue weighted by atomic mass is 9.97. The Hall–Kier alpha value is -2.05. The van der Waals surface area contributed by atoms with Crippen LogP contribution < -0.4 is 10.2 Å². The number of carboxylic acids is 1. The van der Waals surface area contributed by atoms with Gasteiger partial charge >= 0.3 is 5.97 Å². The van der Waals surface area contributed by atoms with Gasteiger partial charge in [0.25, 0.3) is 0 Å². The van der Waals surface area contributed by atoms with Crippen LogP contribution in [0, 0.1) is 5.92 Å². The number of hydrogen-bond donors (Lipinski definition) is 2. The highest BCUT2D eigenvalue weighted by Gasteiger charge is 2.25. The highest BCUT2D eigenvalue weighted by molar-refractivity contribution is 6.39. The van der Waals surface area contributed by atoms with Crippen LogP contribution in [0.2, 0.25) is 10.0 Å². The summed E-state index contributed by atoms with van der Waals surface area (Å²) in [5.41, 5.74) is 0.558. The van der Waals surface area contributed by atoms with Crippen LogP contribution in [-0.2, 0) is 4.79 Å². The van der Waals surface area contributed by atoms with E-state index in [1.54, 1.807) is 30.5 Å². The van der Waals surface area contributed by atoms with Gasteiger partial charge in [-0.3, -0.25) is 4.79 Å². The number of aliphatic carboxylic acids is 1. The van der Waals surface area contributed by atoms with Crippen molar-refractivity contribution in [3.63, 3.8) is 0 Å². The zero-order valence-corrected chi connectivity index (χ0v) is 14.3. The number of aromatic nitrogens is 2. The standard InChI is InChI=1S/C16H16Cl2N4O2/c17-11-2-1-3-12(18)14(11)21-16-19-7-4-13(20-16)22-8-5-10(6-9-22)15(23)24/h1-4,7,10H,5-6,8-9H2,(H,23,24)(H,19,20,21). The Balaban J connectivity index is 1.74. The van der Waals surface area contributed by atoms with Gasteiger partial charge in [-0.05, 0) is 31.0 Å². The first-order valence-electron chi connectivity index (χ1n) is 7.56. The number of rotatable bonds is 4. The minimum absolute atomic E-state index is 0.275. The van der Waals surface area contributed by atoms with E-state index >= 15 is 0 Å². The van der Waals surface area contributed by atoms with E-state index in [1.807, 2.05) is 0 Å². The average molecular weight is 367 g/mol. The summed E-state index contributed by atoms with van der Waals surface area (Å²) in [4.78, 5) is 21.8. The minimum atomic E-state index is -0.729. The molecular weight excluding hydrogens is 351 g/mol. The van der Waals surface area contributed by atoms with Gasteiger partial charge in [0, 0.05) is 19.3 Å². The molecule has 1 aliphatic rings. The molecule has 24 heavy (non-hydrogen) atoms. The smallest absolute Gasteiger partial charge is 0.306 e. The molecule has 1 fully saturated rings. The van der Waals surface area contributed by atoms with Crippen LogP contribution >= 0.6 is 23.2 Å². The summed E-state index contributed by atoms with van der Waals surface area (Å²) in [6, 6.07) is 7.03. The molecule has 0 aliphatic carbocycles. The summed E-state index contributed by atoms with van der Waals surface area (Å²) in [7, 11) is 0. The Labute approximate surface area is 149 Å². The Morgan fingerprint density at radius 1 is 1.21 bits per heavy atom. The molecular formula is C16H16Cl2N4O2. The van der Waals surface area contributed by atoms with Crippen molar-refractivity contribution in [1.82, 2.24) is 9.97 Å². The molecule has 1 saturated heterocycles. The van der Waals surface area contributed by atoms with E-state index in [2.05, 4.69) is 20.2 Å². The van der Waals surface area contributed by atoms with E-state index in [0.717, 1.165) is 5.82 Å². The number of piperidine rings is 1. The molecule has 0 radical (unpaired) electrons. The van der Waals surface area contributed by atoms with E-state index in [9.17, 15) is 4.79 Å². The normalized spacial score (nSPS) is 15.3. The van der Waals surface area contributed by atoms with Crippen LogP contribution in [0.15, 0.2) is 30.5 Å². The zero-order chi connectivity index (χ0) is 17.1. The molecule has 126 valence electrons. The third-order valence-corrected chi connectivity index (χ3v) is 4.64. The van der Waals surface area contributed by atoms with Crippen LogP contribution in [0.3, 0.4) is 0 Å². The molecule has 1 aromatic heterocycles. The third-order valence-electron chi connectivity index (χ3n) is 4.01. The first-order chi connectivity index (χ1) is 11.5. The maximum atomic E-state index is 11.0. The van der Waals surface area contributed by atoms with Crippen molar-refractivity contribution < 1.29 is 9.90 Å². The Kier molecular flexibility index (Phi) is 5.06. The first-order valence-corrected chi connectivity index (χ1v) is 8.32. The van der Waals surface area contributed by atoms with Crippen LogP contribution in [0.25, 0.3) is 0 Å². The van der Waals surface area contributed by atoms with Gasteiger partial charge < -0.3 is 15.3 Å². The van der Waals surface area contributed by atoms with Crippen molar-refractivity contribution in [2.45, 2.75) is 12.8 Å². The monoisotopic (exact) mass is 366 g/mol. The predicted octanol–water partition coefficient (Wildman–Crippen LogP) is 3.83. The van der Waals surface area contributed by atoms with E-state index in [4.69, 9.17) is 28.3 Å². The topological polar surface area (TPSA) is 78.3 Å². The summed E-state index contributed by atoms with van der Waals surface area (Å²) < 4.78 is 0. The van der Waals surface area contributed by atoms with Gasteiger partial charge in [-0.15, -0.1) is 0 Å². The van der Waals surface area contributed by atoms with Crippen LogP contribution in [0.5, 0.6) is 0 Å². The van der Waals surface area contributed by atoms with Gasteiger partial charge in [0.1, 0.15) is 5.82 Å². The predicted molar refractivity (Wildman–Crippen MR) is 94.3 cm³/mol. The molecule has 6 nitrogen and oxygen atoms in total. The molecule has 0 spiro atoms. The molecule has 2 N–H and O–H groups in total. The number of hydrogen-bond acceptors (Lipinski definition) is 5. The maximum absolute atomic E-state index is 11.0. The largest absolute Gasteiger partial charge is 0.481 e. The molecule has 2 aromatic rings. The Morgan fingerprint density at radius 2 is 1.88 bits per heavy atom. The molecule has 0 bridgehead atoms. The van der Waals surface area contributed by atoms with Crippen molar-refractivity contribution in [3.05, 3.63) is 40.5 Å². The fourth-order valence-corrected chi connectivity index (χ4v) is 3.16. The van der Waals surface area contributed by atoms with Gasteiger partial charge in [-0.2, -0.15) is 4.98 Å². The summed E-state index contributed by atoms with van der Waals surface area (Å²) in [6.07, 6.45) is 2.87. The van der Waals surface area contributed by atoms with Crippen LogP contribution in [0.4, 0.5) is 17.5 Å². The fourth-order valence-electron chi connectivity index (χ4n) is 2.67. The second-order valence-electron chi connectivity index (χ2n) is 5.56. The maximum Gasteiger partial charge on any atom is 0.306 e. The van der Waals surface area contributed by atoms with Crippen molar-refractivity contribution in [3.8, 4) is 0 Å². The van der Waals surface area contributed by atoms with Crippen molar-refractivity contribution >= 4 is 46.6 Å². The second kappa shape index (κ2) is 7.23. The molecule has 0 amide bonds. The number of para-hydroxylation sites is 1. The zero-order valence-electron chi connectivity index (χ0n) is 12.7. The lowest BCUT2D eigenvalue weighted by molar-refractivity contribution is -0.142. The van der Waals surface area contributed by atoms with Crippen molar-refractivity contribution in [2.75, 3.05) is 23.3 Å². The number of nitrogens with zero attached hydrogens (tertiary/aromatic N) is 3. The molecule has 0 unspecified atom stereocenters. The quantitative estimate of drug-likeness (QED) is 0.855. The van der Waals surface area contributed by atoms with Crippen LogP contribution in [-0.4, -0.2) is 34.1 Å². The first kappa shape index (κ1) is 16.8. The SMILES string of the molecule is O=C(O)C1CCN(c2ccnc(Nc3c(Cl)cccc3Cl)n2)CC1. The Bertz CT molecular complexity index is 728. The third kappa shape index (κ3) is 3.71. The number of nitrogens with one attached hydrogen (secondary N) is 1. The van der Waals surface area contributed by atoms with E-state index in [1.165, 1.54) is 0 Å². The molecule has 1 aliphatic heterocycles. The highest BCUT2D eigenvalue weighted by Crippen LogP contribution is 2.32. The minimum Gasteiger partial charge on any atom is -0.481 e. The fraction of sp³-hybridized carbons (Fsp3) is 0.312. The summed E-state index contributed by atoms with van der Waals surface area (Å²) in [6.45, 7) is 1.31.